The van der Waals surface area contributed by atoms with E-state index in [9.17, 15) is 8.42 Å². The molecule has 0 fully saturated rings. The lowest BCUT2D eigenvalue weighted by Crippen LogP contribution is -2.26. The maximum absolute atomic E-state index is 13.2. The van der Waals surface area contributed by atoms with E-state index in [4.69, 9.17) is 16.3 Å². The minimum Gasteiger partial charge on any atom is -0.489 e. The van der Waals surface area contributed by atoms with Gasteiger partial charge in [-0.1, -0.05) is 54.6 Å². The van der Waals surface area contributed by atoms with Crippen LogP contribution in [0.5, 0.6) is 5.75 Å². The van der Waals surface area contributed by atoms with Crippen LogP contribution in [0.15, 0.2) is 77.7 Å². The summed E-state index contributed by atoms with van der Waals surface area (Å²) in [6.07, 6.45) is 0. The Labute approximate surface area is 164 Å². The van der Waals surface area contributed by atoms with Crippen molar-refractivity contribution in [3.8, 4) is 5.75 Å². The van der Waals surface area contributed by atoms with Crippen LogP contribution in [0.4, 0.5) is 5.69 Å². The molecule has 1 aliphatic rings. The molecule has 0 amide bonds. The monoisotopic (exact) mass is 399 g/mol. The number of rotatable bonds is 3. The van der Waals surface area contributed by atoms with Gasteiger partial charge in [0, 0.05) is 13.1 Å². The van der Waals surface area contributed by atoms with E-state index >= 15 is 0 Å². The highest BCUT2D eigenvalue weighted by Gasteiger charge is 2.34. The fourth-order valence-corrected chi connectivity index (χ4v) is 5.12. The summed E-state index contributed by atoms with van der Waals surface area (Å²) in [6.45, 7) is 0.361. The highest BCUT2D eigenvalue weighted by atomic mass is 35.5. The molecule has 1 heterocycles. The summed E-state index contributed by atoms with van der Waals surface area (Å²) in [5, 5.41) is -0.556. The molecule has 27 heavy (non-hydrogen) atoms. The average molecular weight is 400 g/mol. The van der Waals surface area contributed by atoms with E-state index in [1.165, 1.54) is 4.31 Å². The highest BCUT2D eigenvalue weighted by molar-refractivity contribution is 7.92. The summed E-state index contributed by atoms with van der Waals surface area (Å²) >= 11 is 6.67. The van der Waals surface area contributed by atoms with E-state index in [-0.39, 0.29) is 4.90 Å². The molecule has 0 spiro atoms. The van der Waals surface area contributed by atoms with E-state index < -0.39 is 15.4 Å². The number of ether oxygens (including phenoxy) is 1. The van der Waals surface area contributed by atoms with Crippen LogP contribution in [0.2, 0.25) is 0 Å². The fraction of sp³-hybridized carbons (Fsp3) is 0.143. The Hall–Kier alpha value is -2.50. The molecule has 4 rings (SSSR count). The van der Waals surface area contributed by atoms with Crippen molar-refractivity contribution in [2.75, 3.05) is 11.4 Å². The minimum atomic E-state index is -3.74. The number of hydrogen-bond donors (Lipinski definition) is 0. The van der Waals surface area contributed by atoms with Crippen molar-refractivity contribution in [1.29, 1.82) is 0 Å². The van der Waals surface area contributed by atoms with E-state index in [0.29, 0.717) is 23.6 Å². The number of alkyl halides is 1. The molecule has 4 nitrogen and oxygen atoms in total. The van der Waals surface area contributed by atoms with Crippen LogP contribution in [0, 0.1) is 0 Å². The van der Waals surface area contributed by atoms with Crippen LogP contribution in [-0.4, -0.2) is 15.5 Å². The predicted molar refractivity (Wildman–Crippen MR) is 107 cm³/mol. The van der Waals surface area contributed by atoms with Crippen molar-refractivity contribution in [3.05, 3.63) is 89.5 Å². The van der Waals surface area contributed by atoms with Gasteiger partial charge in [-0.15, -0.1) is 11.6 Å². The second-order valence-corrected chi connectivity index (χ2v) is 8.74. The van der Waals surface area contributed by atoms with Gasteiger partial charge in [0.05, 0.1) is 16.0 Å². The molecular formula is C21H18ClNO3S. The van der Waals surface area contributed by atoms with Gasteiger partial charge in [0.15, 0.2) is 0 Å². The highest BCUT2D eigenvalue weighted by Crippen LogP contribution is 2.44. The Balaban J connectivity index is 1.75. The quantitative estimate of drug-likeness (QED) is 0.598. The smallest absolute Gasteiger partial charge is 0.264 e. The molecule has 0 bridgehead atoms. The first-order valence-electron chi connectivity index (χ1n) is 8.51. The molecule has 1 atom stereocenters. The number of hydrogen-bond acceptors (Lipinski definition) is 3. The fourth-order valence-electron chi connectivity index (χ4n) is 3.21. The van der Waals surface area contributed by atoms with Gasteiger partial charge >= 0.3 is 0 Å². The first kappa shape index (κ1) is 17.9. The molecule has 0 aliphatic carbocycles. The topological polar surface area (TPSA) is 46.6 Å². The van der Waals surface area contributed by atoms with Crippen molar-refractivity contribution < 1.29 is 13.2 Å². The van der Waals surface area contributed by atoms with Crippen molar-refractivity contribution in [2.45, 2.75) is 16.9 Å². The zero-order valence-electron chi connectivity index (χ0n) is 14.7. The summed E-state index contributed by atoms with van der Waals surface area (Å²) < 4.78 is 33.4. The molecule has 3 aromatic carbocycles. The lowest BCUT2D eigenvalue weighted by atomic mass is 10.0. The van der Waals surface area contributed by atoms with E-state index in [0.717, 1.165) is 11.1 Å². The summed E-state index contributed by atoms with van der Waals surface area (Å²) in [4.78, 5) is 0.173. The van der Waals surface area contributed by atoms with Gasteiger partial charge in [-0.2, -0.15) is 0 Å². The largest absolute Gasteiger partial charge is 0.489 e. The number of para-hydroxylation sites is 1. The van der Waals surface area contributed by atoms with Crippen LogP contribution in [0.3, 0.4) is 0 Å². The van der Waals surface area contributed by atoms with Crippen molar-refractivity contribution in [2.24, 2.45) is 0 Å². The summed E-state index contributed by atoms with van der Waals surface area (Å²) in [5.74, 6) is 0.490. The van der Waals surface area contributed by atoms with Gasteiger partial charge in [-0.05, 0) is 28.8 Å². The molecule has 0 aromatic heterocycles. The average Bonchev–Trinajstić information content (AvgIpc) is 2.76. The maximum atomic E-state index is 13.2. The Morgan fingerprint density at radius 3 is 2.44 bits per heavy atom. The Morgan fingerprint density at radius 1 is 0.963 bits per heavy atom. The van der Waals surface area contributed by atoms with Gasteiger partial charge in [0.2, 0.25) is 0 Å². The zero-order chi connectivity index (χ0) is 19.0. The Bertz CT molecular complexity index is 1080. The van der Waals surface area contributed by atoms with Crippen LogP contribution in [0.25, 0.3) is 0 Å². The van der Waals surface area contributed by atoms with E-state index in [1.807, 2.05) is 42.5 Å². The molecule has 0 saturated heterocycles. The molecule has 0 N–H and O–H groups in total. The van der Waals surface area contributed by atoms with Crippen LogP contribution in [-0.2, 0) is 16.6 Å². The third-order valence-electron chi connectivity index (χ3n) is 4.69. The van der Waals surface area contributed by atoms with Crippen molar-refractivity contribution in [3.63, 3.8) is 0 Å². The predicted octanol–water partition coefficient (Wildman–Crippen LogP) is 4.73. The van der Waals surface area contributed by atoms with Crippen LogP contribution in [0.1, 0.15) is 22.1 Å². The molecule has 3 aromatic rings. The number of fused-ring (bicyclic) bond motifs is 2. The summed E-state index contributed by atoms with van der Waals surface area (Å²) in [5.41, 5.74) is 2.91. The number of anilines is 1. The standard InChI is InChI=1S/C21H18ClNO3S/c1-23-19-10-6-5-9-17(19)21(22)18-12-11-16(13-20(18)27(23,24)25)26-14-15-7-3-2-4-8-15/h2-13,21H,14H2,1H3. The lowest BCUT2D eigenvalue weighted by Gasteiger charge is -2.19. The Morgan fingerprint density at radius 2 is 1.67 bits per heavy atom. The second kappa shape index (κ2) is 6.91. The van der Waals surface area contributed by atoms with Gasteiger partial charge in [0.1, 0.15) is 12.4 Å². The number of sulfonamides is 1. The first-order chi connectivity index (χ1) is 13.0. The zero-order valence-corrected chi connectivity index (χ0v) is 16.2. The van der Waals surface area contributed by atoms with Gasteiger partial charge < -0.3 is 4.74 Å². The number of nitrogens with zero attached hydrogens (tertiary/aromatic N) is 1. The minimum absolute atomic E-state index is 0.173. The molecule has 1 unspecified atom stereocenters. The van der Waals surface area contributed by atoms with E-state index in [2.05, 4.69) is 0 Å². The van der Waals surface area contributed by atoms with Gasteiger partial charge in [-0.25, -0.2) is 8.42 Å². The number of halogens is 1. The Kier molecular flexibility index (Phi) is 4.58. The number of benzene rings is 3. The van der Waals surface area contributed by atoms with Crippen molar-refractivity contribution >= 4 is 27.3 Å². The SMILES string of the molecule is CN1c2ccccc2C(Cl)c2ccc(OCc3ccccc3)cc2S1(=O)=O. The second-order valence-electron chi connectivity index (χ2n) is 6.37. The molecular weight excluding hydrogens is 382 g/mol. The van der Waals surface area contributed by atoms with Crippen LogP contribution >= 0.6 is 11.6 Å². The van der Waals surface area contributed by atoms with E-state index in [1.54, 1.807) is 37.4 Å². The van der Waals surface area contributed by atoms with Gasteiger partial charge in [-0.3, -0.25) is 4.31 Å². The normalized spacial score (nSPS) is 17.6. The molecule has 6 heteroatoms. The summed E-state index contributed by atoms with van der Waals surface area (Å²) in [6, 6.07) is 22.1. The third-order valence-corrected chi connectivity index (χ3v) is 6.99. The lowest BCUT2D eigenvalue weighted by molar-refractivity contribution is 0.305. The molecule has 0 radical (unpaired) electrons. The molecule has 138 valence electrons. The van der Waals surface area contributed by atoms with Crippen LogP contribution < -0.4 is 9.04 Å². The van der Waals surface area contributed by atoms with Gasteiger partial charge in [0.25, 0.3) is 10.0 Å². The first-order valence-corrected chi connectivity index (χ1v) is 10.4. The maximum Gasteiger partial charge on any atom is 0.264 e. The third kappa shape index (κ3) is 3.17. The van der Waals surface area contributed by atoms with Crippen molar-refractivity contribution in [1.82, 2.24) is 0 Å². The summed E-state index contributed by atoms with van der Waals surface area (Å²) in [7, 11) is -2.19. The molecule has 1 aliphatic heterocycles. The molecule has 0 saturated carbocycles.